The van der Waals surface area contributed by atoms with Gasteiger partial charge >= 0.3 is 0 Å². The maximum Gasteiger partial charge on any atom is 0.257 e. The van der Waals surface area contributed by atoms with Gasteiger partial charge in [-0.25, -0.2) is 18.5 Å². The number of benzene rings is 2. The molecule has 1 saturated heterocycles. The lowest BCUT2D eigenvalue weighted by molar-refractivity contribution is -0.142. The Hall–Kier alpha value is -2.75. The minimum absolute atomic E-state index is 0.00608. The van der Waals surface area contributed by atoms with Gasteiger partial charge in [0.05, 0.1) is 17.0 Å². The highest BCUT2D eigenvalue weighted by atomic mass is 35.5. The summed E-state index contributed by atoms with van der Waals surface area (Å²) < 4.78 is 23.1. The van der Waals surface area contributed by atoms with Crippen LogP contribution in [0.25, 0.3) is 0 Å². The molecule has 0 aromatic heterocycles. The maximum absolute atomic E-state index is 13.6. The molecule has 1 aliphatic carbocycles. The third-order valence-corrected chi connectivity index (χ3v) is 7.90. The lowest BCUT2D eigenvalue weighted by atomic mass is 9.87. The fourth-order valence-corrected chi connectivity index (χ4v) is 5.46. The van der Waals surface area contributed by atoms with Gasteiger partial charge in [0.25, 0.3) is 5.91 Å². The standard InChI is InChI=1S/C25H28ClN3O5S/c26-19-8-10-20(11-9-19)29-23(30)16-22(25(29)32)28(24(31)18-4-2-1-3-5-18)15-14-17-6-12-21(13-7-17)35(27,33)34/h6-13,18,22H,1-5,14-16H2,(H2,27,33,34). The molecule has 2 aromatic rings. The number of hydrogen-bond acceptors (Lipinski definition) is 5. The first kappa shape index (κ1) is 25.3. The number of carbonyl (C=O) groups excluding carboxylic acids is 3. The summed E-state index contributed by atoms with van der Waals surface area (Å²) in [6.07, 6.45) is 4.89. The Kier molecular flexibility index (Phi) is 7.59. The van der Waals surface area contributed by atoms with Crippen molar-refractivity contribution in [2.75, 3.05) is 11.4 Å². The second-order valence-corrected chi connectivity index (χ2v) is 11.1. The van der Waals surface area contributed by atoms with Crippen LogP contribution in [0.5, 0.6) is 0 Å². The topological polar surface area (TPSA) is 118 Å². The van der Waals surface area contributed by atoms with E-state index in [-0.39, 0.29) is 35.6 Å². The Bertz CT molecular complexity index is 1210. The van der Waals surface area contributed by atoms with Crippen molar-refractivity contribution >= 4 is 45.0 Å². The molecule has 2 fully saturated rings. The van der Waals surface area contributed by atoms with Crippen molar-refractivity contribution in [2.45, 2.75) is 55.9 Å². The number of primary sulfonamides is 1. The Morgan fingerprint density at radius 3 is 2.23 bits per heavy atom. The zero-order valence-electron chi connectivity index (χ0n) is 19.2. The van der Waals surface area contributed by atoms with E-state index in [0.29, 0.717) is 17.1 Å². The number of nitrogens with two attached hydrogens (primary N) is 1. The average molecular weight is 518 g/mol. The number of sulfonamides is 1. The summed E-state index contributed by atoms with van der Waals surface area (Å²) >= 11 is 5.95. The van der Waals surface area contributed by atoms with Gasteiger partial charge in [-0.1, -0.05) is 43.0 Å². The van der Waals surface area contributed by atoms with E-state index in [2.05, 4.69) is 0 Å². The minimum atomic E-state index is -3.80. The number of nitrogens with zero attached hydrogens (tertiary/aromatic N) is 2. The lowest BCUT2D eigenvalue weighted by Crippen LogP contribution is -2.48. The largest absolute Gasteiger partial charge is 0.330 e. The van der Waals surface area contributed by atoms with Crippen molar-refractivity contribution in [3.8, 4) is 0 Å². The summed E-state index contributed by atoms with van der Waals surface area (Å²) in [7, 11) is -3.80. The number of carbonyl (C=O) groups is 3. The Morgan fingerprint density at radius 1 is 1.00 bits per heavy atom. The van der Waals surface area contributed by atoms with Gasteiger partial charge in [-0.15, -0.1) is 0 Å². The van der Waals surface area contributed by atoms with Crippen LogP contribution in [0.4, 0.5) is 5.69 Å². The predicted octanol–water partition coefficient (Wildman–Crippen LogP) is 3.27. The summed E-state index contributed by atoms with van der Waals surface area (Å²) in [5, 5.41) is 5.66. The molecule has 10 heteroatoms. The van der Waals surface area contributed by atoms with Crippen LogP contribution in [0.3, 0.4) is 0 Å². The van der Waals surface area contributed by atoms with E-state index in [1.54, 1.807) is 41.3 Å². The molecule has 8 nitrogen and oxygen atoms in total. The van der Waals surface area contributed by atoms with Gasteiger partial charge in [0.2, 0.25) is 21.8 Å². The average Bonchev–Trinajstić information content (AvgIpc) is 3.13. The van der Waals surface area contributed by atoms with Crippen LogP contribution in [0.15, 0.2) is 53.4 Å². The Labute approximate surface area is 210 Å². The summed E-state index contributed by atoms with van der Waals surface area (Å²) in [6, 6.07) is 11.7. The smallest absolute Gasteiger partial charge is 0.257 e. The van der Waals surface area contributed by atoms with Crippen molar-refractivity contribution in [1.29, 1.82) is 0 Å². The third kappa shape index (κ3) is 5.74. The van der Waals surface area contributed by atoms with Crippen LogP contribution in [-0.4, -0.2) is 43.6 Å². The van der Waals surface area contributed by atoms with E-state index in [9.17, 15) is 22.8 Å². The number of halogens is 1. The van der Waals surface area contributed by atoms with E-state index in [1.165, 1.54) is 12.1 Å². The Balaban J connectivity index is 1.56. The SMILES string of the molecule is NS(=O)(=O)c1ccc(CCN(C(=O)C2CCCCC2)C2CC(=O)N(c3ccc(Cl)cc3)C2=O)cc1. The zero-order valence-corrected chi connectivity index (χ0v) is 20.8. The molecule has 2 aliphatic rings. The number of rotatable bonds is 7. The van der Waals surface area contributed by atoms with Gasteiger partial charge in [-0.3, -0.25) is 14.4 Å². The van der Waals surface area contributed by atoms with Gasteiger partial charge in [0, 0.05) is 17.5 Å². The number of anilines is 1. The lowest BCUT2D eigenvalue weighted by Gasteiger charge is -2.32. The molecule has 3 amide bonds. The molecular formula is C25H28ClN3O5S. The van der Waals surface area contributed by atoms with Crippen LogP contribution >= 0.6 is 11.6 Å². The molecule has 1 unspecified atom stereocenters. The van der Waals surface area contributed by atoms with Crippen LogP contribution in [0.2, 0.25) is 5.02 Å². The van der Waals surface area contributed by atoms with Crippen LogP contribution < -0.4 is 10.0 Å². The first-order valence-corrected chi connectivity index (χ1v) is 13.6. The highest BCUT2D eigenvalue weighted by Crippen LogP contribution is 2.31. The first-order chi connectivity index (χ1) is 16.6. The Morgan fingerprint density at radius 2 is 1.63 bits per heavy atom. The van der Waals surface area contributed by atoms with Crippen molar-refractivity contribution in [3.05, 3.63) is 59.1 Å². The number of imide groups is 1. The molecule has 1 heterocycles. The normalized spacial score (nSPS) is 19.3. The number of hydrogen-bond donors (Lipinski definition) is 1. The van der Waals surface area contributed by atoms with Crippen molar-refractivity contribution in [3.63, 3.8) is 0 Å². The first-order valence-electron chi connectivity index (χ1n) is 11.7. The zero-order chi connectivity index (χ0) is 25.2. The van der Waals surface area contributed by atoms with Crippen LogP contribution in [-0.2, 0) is 30.8 Å². The van der Waals surface area contributed by atoms with Gasteiger partial charge in [-0.05, 0) is 61.2 Å². The molecule has 2 aromatic carbocycles. The van der Waals surface area contributed by atoms with Gasteiger partial charge < -0.3 is 4.90 Å². The molecule has 1 atom stereocenters. The second-order valence-electron chi connectivity index (χ2n) is 9.07. The van der Waals surface area contributed by atoms with Crippen LogP contribution in [0.1, 0.15) is 44.1 Å². The van der Waals surface area contributed by atoms with E-state index < -0.39 is 22.0 Å². The molecule has 0 radical (unpaired) electrons. The maximum atomic E-state index is 13.6. The predicted molar refractivity (Wildman–Crippen MR) is 132 cm³/mol. The molecule has 1 saturated carbocycles. The van der Waals surface area contributed by atoms with Crippen LogP contribution in [0, 0.1) is 5.92 Å². The summed E-state index contributed by atoms with van der Waals surface area (Å²) in [5.74, 6) is -1.05. The summed E-state index contributed by atoms with van der Waals surface area (Å²) in [6.45, 7) is 0.238. The molecule has 35 heavy (non-hydrogen) atoms. The fraction of sp³-hybridized carbons (Fsp3) is 0.400. The van der Waals surface area contributed by atoms with Gasteiger partial charge in [0.15, 0.2) is 0 Å². The molecule has 2 N–H and O–H groups in total. The molecule has 4 rings (SSSR count). The van der Waals surface area contributed by atoms with E-state index in [4.69, 9.17) is 16.7 Å². The minimum Gasteiger partial charge on any atom is -0.330 e. The van der Waals surface area contributed by atoms with E-state index >= 15 is 0 Å². The van der Waals surface area contributed by atoms with E-state index in [0.717, 1.165) is 42.6 Å². The van der Waals surface area contributed by atoms with Gasteiger partial charge in [0.1, 0.15) is 6.04 Å². The third-order valence-electron chi connectivity index (χ3n) is 6.71. The molecular weight excluding hydrogens is 490 g/mol. The molecule has 0 bridgehead atoms. The molecule has 186 valence electrons. The highest BCUT2D eigenvalue weighted by molar-refractivity contribution is 7.89. The second kappa shape index (κ2) is 10.5. The van der Waals surface area contributed by atoms with Crippen molar-refractivity contribution < 1.29 is 22.8 Å². The summed E-state index contributed by atoms with van der Waals surface area (Å²) in [5.41, 5.74) is 1.22. The van der Waals surface area contributed by atoms with E-state index in [1.807, 2.05) is 0 Å². The van der Waals surface area contributed by atoms with Crippen molar-refractivity contribution in [1.82, 2.24) is 4.90 Å². The van der Waals surface area contributed by atoms with Gasteiger partial charge in [-0.2, -0.15) is 0 Å². The molecule has 0 spiro atoms. The fourth-order valence-electron chi connectivity index (χ4n) is 4.82. The highest BCUT2D eigenvalue weighted by Gasteiger charge is 2.45. The number of amides is 3. The van der Waals surface area contributed by atoms with Crippen molar-refractivity contribution in [2.24, 2.45) is 11.1 Å². The monoisotopic (exact) mass is 517 g/mol. The summed E-state index contributed by atoms with van der Waals surface area (Å²) in [4.78, 5) is 42.5. The quantitative estimate of drug-likeness (QED) is 0.565. The molecule has 1 aliphatic heterocycles.